The molecule has 0 atom stereocenters. The smallest absolute Gasteiger partial charge is 0.234 e. The fraction of sp³-hybridized carbons (Fsp3) is 0.130. The molecule has 0 aliphatic heterocycles. The van der Waals surface area contributed by atoms with Crippen molar-refractivity contribution in [3.63, 3.8) is 0 Å². The second kappa shape index (κ2) is 9.44. The maximum atomic E-state index is 12.6. The highest BCUT2D eigenvalue weighted by molar-refractivity contribution is 7.99. The summed E-state index contributed by atoms with van der Waals surface area (Å²) in [5, 5.41) is 15.5. The molecule has 0 unspecified atom stereocenters. The van der Waals surface area contributed by atoms with Crippen LogP contribution < -0.4 is 10.1 Å². The number of ether oxygens (including phenoxy) is 1. The van der Waals surface area contributed by atoms with Crippen molar-refractivity contribution in [1.82, 2.24) is 20.2 Å². The van der Waals surface area contributed by atoms with E-state index >= 15 is 0 Å². The lowest BCUT2D eigenvalue weighted by molar-refractivity contribution is -0.113. The number of benzene rings is 3. The molecule has 1 N–H and O–H groups in total. The molecule has 0 bridgehead atoms. The zero-order valence-electron chi connectivity index (χ0n) is 17.1. The Hall–Kier alpha value is -3.65. The van der Waals surface area contributed by atoms with Gasteiger partial charge in [0.25, 0.3) is 0 Å². The SMILES string of the molecule is Cc1cccc(C)c1-n1nnnc1SCC(=O)Nc1ccccc1Oc1ccccc1. The van der Waals surface area contributed by atoms with Gasteiger partial charge in [-0.1, -0.05) is 60.3 Å². The maximum absolute atomic E-state index is 12.6. The van der Waals surface area contributed by atoms with E-state index < -0.39 is 0 Å². The predicted octanol–water partition coefficient (Wildman–Crippen LogP) is 4.80. The molecule has 8 heteroatoms. The Morgan fingerprint density at radius 2 is 1.68 bits per heavy atom. The van der Waals surface area contributed by atoms with E-state index in [9.17, 15) is 4.79 Å². The number of para-hydroxylation sites is 4. The summed E-state index contributed by atoms with van der Waals surface area (Å²) >= 11 is 1.28. The third kappa shape index (κ3) is 4.92. The van der Waals surface area contributed by atoms with Crippen LogP contribution in [0.2, 0.25) is 0 Å². The molecule has 4 aromatic rings. The predicted molar refractivity (Wildman–Crippen MR) is 121 cm³/mol. The van der Waals surface area contributed by atoms with Crippen LogP contribution in [-0.2, 0) is 4.79 Å². The van der Waals surface area contributed by atoms with Gasteiger partial charge in [0.2, 0.25) is 11.1 Å². The Bertz CT molecular complexity index is 1170. The standard InChI is InChI=1S/C23H21N5O2S/c1-16-9-8-10-17(2)22(16)28-23(25-26-27-28)31-15-21(29)24-19-13-6-7-14-20(19)30-18-11-4-3-5-12-18/h3-14H,15H2,1-2H3,(H,24,29). The second-order valence-electron chi connectivity index (χ2n) is 6.86. The van der Waals surface area contributed by atoms with Crippen LogP contribution in [0.25, 0.3) is 5.69 Å². The molecule has 156 valence electrons. The number of tetrazole rings is 1. The van der Waals surface area contributed by atoms with Gasteiger partial charge in [0.05, 0.1) is 17.1 Å². The first kappa shape index (κ1) is 20.6. The van der Waals surface area contributed by atoms with E-state index in [1.807, 2.05) is 86.6 Å². The molecule has 0 radical (unpaired) electrons. The fourth-order valence-electron chi connectivity index (χ4n) is 3.14. The van der Waals surface area contributed by atoms with Crippen LogP contribution in [0.3, 0.4) is 0 Å². The van der Waals surface area contributed by atoms with Gasteiger partial charge in [-0.05, 0) is 59.7 Å². The molecule has 0 spiro atoms. The molecule has 3 aromatic carbocycles. The highest BCUT2D eigenvalue weighted by atomic mass is 32.2. The van der Waals surface area contributed by atoms with Gasteiger partial charge in [0, 0.05) is 0 Å². The number of hydrogen-bond donors (Lipinski definition) is 1. The zero-order chi connectivity index (χ0) is 21.6. The molecule has 4 rings (SSSR count). The lowest BCUT2D eigenvalue weighted by Crippen LogP contribution is -2.15. The highest BCUT2D eigenvalue weighted by Gasteiger charge is 2.15. The summed E-state index contributed by atoms with van der Waals surface area (Å²) < 4.78 is 7.58. The third-order valence-corrected chi connectivity index (χ3v) is 5.48. The van der Waals surface area contributed by atoms with E-state index in [1.165, 1.54) is 11.8 Å². The summed E-state index contributed by atoms with van der Waals surface area (Å²) in [6.45, 7) is 4.02. The first-order chi connectivity index (χ1) is 15.1. The van der Waals surface area contributed by atoms with Gasteiger partial charge in [-0.3, -0.25) is 4.79 Å². The summed E-state index contributed by atoms with van der Waals surface area (Å²) in [5.74, 6) is 1.26. The van der Waals surface area contributed by atoms with E-state index in [1.54, 1.807) is 4.68 Å². The first-order valence-electron chi connectivity index (χ1n) is 9.71. The van der Waals surface area contributed by atoms with Gasteiger partial charge in [-0.2, -0.15) is 4.68 Å². The average Bonchev–Trinajstić information content (AvgIpc) is 3.22. The number of thioether (sulfide) groups is 1. The van der Waals surface area contributed by atoms with E-state index in [-0.39, 0.29) is 11.7 Å². The molecular weight excluding hydrogens is 410 g/mol. The van der Waals surface area contributed by atoms with Crippen molar-refractivity contribution in [2.45, 2.75) is 19.0 Å². The number of hydrogen-bond acceptors (Lipinski definition) is 6. The second-order valence-corrected chi connectivity index (χ2v) is 7.80. The van der Waals surface area contributed by atoms with Crippen molar-refractivity contribution < 1.29 is 9.53 Å². The summed E-state index contributed by atoms with van der Waals surface area (Å²) in [4.78, 5) is 12.6. The van der Waals surface area contributed by atoms with Crippen molar-refractivity contribution in [3.05, 3.63) is 83.9 Å². The number of nitrogens with zero attached hydrogens (tertiary/aromatic N) is 4. The molecule has 1 heterocycles. The average molecular weight is 432 g/mol. The van der Waals surface area contributed by atoms with Gasteiger partial charge >= 0.3 is 0 Å². The lowest BCUT2D eigenvalue weighted by Gasteiger charge is -2.12. The molecule has 0 fully saturated rings. The number of carbonyl (C=O) groups is 1. The Labute approximate surface area is 184 Å². The van der Waals surface area contributed by atoms with Crippen LogP contribution in [-0.4, -0.2) is 31.9 Å². The minimum Gasteiger partial charge on any atom is -0.455 e. The summed E-state index contributed by atoms with van der Waals surface area (Å²) in [7, 11) is 0. The minimum atomic E-state index is -0.176. The van der Waals surface area contributed by atoms with Crippen LogP contribution in [0, 0.1) is 13.8 Å². The summed E-state index contributed by atoms with van der Waals surface area (Å²) in [6.07, 6.45) is 0. The van der Waals surface area contributed by atoms with Gasteiger partial charge in [0.15, 0.2) is 5.75 Å². The molecule has 0 saturated carbocycles. The number of nitrogens with one attached hydrogen (secondary N) is 1. The Balaban J connectivity index is 1.44. The van der Waals surface area contributed by atoms with Gasteiger partial charge < -0.3 is 10.1 Å². The van der Waals surface area contributed by atoms with Crippen molar-refractivity contribution in [1.29, 1.82) is 0 Å². The van der Waals surface area contributed by atoms with Crippen molar-refractivity contribution in [2.24, 2.45) is 0 Å². The fourth-order valence-corrected chi connectivity index (χ4v) is 3.82. The largest absolute Gasteiger partial charge is 0.455 e. The Morgan fingerprint density at radius 3 is 2.45 bits per heavy atom. The van der Waals surface area contributed by atoms with E-state index in [0.717, 1.165) is 16.8 Å². The van der Waals surface area contributed by atoms with Gasteiger partial charge in [-0.25, -0.2) is 0 Å². The molecule has 0 saturated heterocycles. The molecule has 1 aromatic heterocycles. The van der Waals surface area contributed by atoms with Crippen LogP contribution >= 0.6 is 11.8 Å². The van der Waals surface area contributed by atoms with Crippen LogP contribution in [0.1, 0.15) is 11.1 Å². The Kier molecular flexibility index (Phi) is 6.28. The number of anilines is 1. The first-order valence-corrected chi connectivity index (χ1v) is 10.7. The van der Waals surface area contributed by atoms with Crippen molar-refractivity contribution >= 4 is 23.4 Å². The topological polar surface area (TPSA) is 81.9 Å². The molecular formula is C23H21N5O2S. The quantitative estimate of drug-likeness (QED) is 0.423. The van der Waals surface area contributed by atoms with Gasteiger partial charge in [0.1, 0.15) is 5.75 Å². The zero-order valence-corrected chi connectivity index (χ0v) is 18.0. The van der Waals surface area contributed by atoms with E-state index in [0.29, 0.717) is 22.3 Å². The molecule has 1 amide bonds. The van der Waals surface area contributed by atoms with Crippen LogP contribution in [0.4, 0.5) is 5.69 Å². The highest BCUT2D eigenvalue weighted by Crippen LogP contribution is 2.29. The lowest BCUT2D eigenvalue weighted by atomic mass is 10.1. The molecule has 31 heavy (non-hydrogen) atoms. The van der Waals surface area contributed by atoms with E-state index in [2.05, 4.69) is 20.8 Å². The van der Waals surface area contributed by atoms with E-state index in [4.69, 9.17) is 4.74 Å². The monoisotopic (exact) mass is 431 g/mol. The summed E-state index contributed by atoms with van der Waals surface area (Å²) in [6, 6.07) is 22.8. The molecule has 0 aliphatic carbocycles. The van der Waals surface area contributed by atoms with Crippen LogP contribution in [0.5, 0.6) is 11.5 Å². The summed E-state index contributed by atoms with van der Waals surface area (Å²) in [5.41, 5.74) is 3.65. The third-order valence-electron chi connectivity index (χ3n) is 4.56. The van der Waals surface area contributed by atoms with Gasteiger partial charge in [-0.15, -0.1) is 5.10 Å². The molecule has 0 aliphatic rings. The number of rotatable bonds is 7. The number of carbonyl (C=O) groups excluding carboxylic acids is 1. The van der Waals surface area contributed by atoms with Crippen molar-refractivity contribution in [3.8, 4) is 17.2 Å². The normalized spacial score (nSPS) is 10.6. The number of aryl methyl sites for hydroxylation is 2. The van der Waals surface area contributed by atoms with Crippen molar-refractivity contribution in [2.75, 3.05) is 11.1 Å². The number of amides is 1. The maximum Gasteiger partial charge on any atom is 0.234 e. The number of aromatic nitrogens is 4. The minimum absolute atomic E-state index is 0.158. The van der Waals surface area contributed by atoms with Crippen LogP contribution in [0.15, 0.2) is 78.0 Å². The Morgan fingerprint density at radius 1 is 0.968 bits per heavy atom. The molecule has 7 nitrogen and oxygen atoms in total.